The zero-order valence-corrected chi connectivity index (χ0v) is 15.1. The second-order valence-corrected chi connectivity index (χ2v) is 7.71. The summed E-state index contributed by atoms with van der Waals surface area (Å²) < 4.78 is 0. The van der Waals surface area contributed by atoms with Gasteiger partial charge in [-0.25, -0.2) is 0 Å². The largest absolute Gasteiger partial charge is 0.387 e. The van der Waals surface area contributed by atoms with Crippen molar-refractivity contribution >= 4 is 5.91 Å². The van der Waals surface area contributed by atoms with Crippen LogP contribution in [0.4, 0.5) is 0 Å². The van der Waals surface area contributed by atoms with E-state index in [0.717, 1.165) is 50.6 Å². The molecule has 2 unspecified atom stereocenters. The second-order valence-electron chi connectivity index (χ2n) is 7.71. The Hall–Kier alpha value is -1.39. The summed E-state index contributed by atoms with van der Waals surface area (Å²) in [6.07, 6.45) is 5.82. The highest BCUT2D eigenvalue weighted by molar-refractivity contribution is 5.93. The lowest BCUT2D eigenvalue weighted by Crippen LogP contribution is -2.68. The summed E-state index contributed by atoms with van der Waals surface area (Å²) in [6.45, 7) is 5.25. The molecule has 4 nitrogen and oxygen atoms in total. The molecule has 1 amide bonds. The topological polar surface area (TPSA) is 66.6 Å². The average molecular weight is 330 g/mol. The van der Waals surface area contributed by atoms with Crippen molar-refractivity contribution in [2.75, 3.05) is 13.6 Å². The van der Waals surface area contributed by atoms with Crippen molar-refractivity contribution in [1.82, 2.24) is 4.90 Å². The molecule has 0 spiro atoms. The highest BCUT2D eigenvalue weighted by atomic mass is 16.3. The zero-order valence-electron chi connectivity index (χ0n) is 15.1. The summed E-state index contributed by atoms with van der Waals surface area (Å²) in [5.74, 6) is -0.393. The summed E-state index contributed by atoms with van der Waals surface area (Å²) in [6, 6.07) is 5.92. The smallest absolute Gasteiger partial charge is 0.248 e. The van der Waals surface area contributed by atoms with Gasteiger partial charge in [-0.3, -0.25) is 4.79 Å². The lowest BCUT2D eigenvalue weighted by atomic mass is 9.53. The van der Waals surface area contributed by atoms with Crippen LogP contribution in [0.2, 0.25) is 0 Å². The number of carbonyl (C=O) groups is 1. The summed E-state index contributed by atoms with van der Waals surface area (Å²) in [7, 11) is 2.10. The Morgan fingerprint density at radius 1 is 1.33 bits per heavy atom. The van der Waals surface area contributed by atoms with Crippen LogP contribution in [0.15, 0.2) is 18.2 Å². The molecule has 24 heavy (non-hydrogen) atoms. The number of hydrogen-bond donors (Lipinski definition) is 2. The second kappa shape index (κ2) is 6.16. The highest BCUT2D eigenvalue weighted by Gasteiger charge is 2.59. The summed E-state index contributed by atoms with van der Waals surface area (Å²) in [4.78, 5) is 14.0. The molecule has 0 bridgehead atoms. The first-order valence-electron chi connectivity index (χ1n) is 9.21. The minimum absolute atomic E-state index is 0.105. The third-order valence-electron chi connectivity index (χ3n) is 6.77. The number of aryl methyl sites for hydroxylation is 1. The number of likely N-dealkylation sites (tertiary alicyclic amines) is 1. The van der Waals surface area contributed by atoms with Crippen molar-refractivity contribution in [3.05, 3.63) is 34.9 Å². The highest BCUT2D eigenvalue weighted by Crippen LogP contribution is 2.54. The molecule has 2 aliphatic rings. The quantitative estimate of drug-likeness (QED) is 0.895. The molecule has 1 aromatic rings. The minimum atomic E-state index is -0.752. The van der Waals surface area contributed by atoms with E-state index in [2.05, 4.69) is 25.8 Å². The van der Waals surface area contributed by atoms with Crippen LogP contribution in [-0.4, -0.2) is 41.1 Å². The maximum absolute atomic E-state index is 11.8. The van der Waals surface area contributed by atoms with Crippen LogP contribution in [0.1, 0.15) is 67.4 Å². The van der Waals surface area contributed by atoms with Gasteiger partial charge in [0.05, 0.1) is 5.60 Å². The van der Waals surface area contributed by atoms with Gasteiger partial charge in [0.25, 0.3) is 0 Å². The standard InChI is InChI=1S/C20H30N2O2/c1-4-15-7-8-16(18(21)23)13-17(15)19-9-5-6-10-20(19,24)14(2)22(3)12-11-19/h7-8,13-14,24H,4-6,9-12H2,1-3H3,(H2,21,23)/t14?,19-,20?/m0/s1. The van der Waals surface area contributed by atoms with Crippen molar-refractivity contribution < 1.29 is 9.90 Å². The molecule has 1 heterocycles. The molecule has 3 atom stereocenters. The molecule has 0 radical (unpaired) electrons. The predicted octanol–water partition coefficient (Wildman–Crippen LogP) is 2.61. The molecular weight excluding hydrogens is 300 g/mol. The van der Waals surface area contributed by atoms with E-state index in [-0.39, 0.29) is 11.5 Å². The number of rotatable bonds is 3. The Morgan fingerprint density at radius 2 is 2.04 bits per heavy atom. The fraction of sp³-hybridized carbons (Fsp3) is 0.650. The fourth-order valence-corrected chi connectivity index (χ4v) is 5.14. The molecule has 1 aliphatic heterocycles. The molecule has 1 saturated heterocycles. The van der Waals surface area contributed by atoms with Gasteiger partial charge in [0.2, 0.25) is 5.91 Å². The van der Waals surface area contributed by atoms with E-state index in [1.165, 1.54) is 5.56 Å². The number of aliphatic hydroxyl groups is 1. The van der Waals surface area contributed by atoms with Gasteiger partial charge in [-0.2, -0.15) is 0 Å². The molecule has 132 valence electrons. The lowest BCUT2D eigenvalue weighted by Gasteiger charge is -2.60. The average Bonchev–Trinajstić information content (AvgIpc) is 2.58. The molecule has 2 fully saturated rings. The van der Waals surface area contributed by atoms with Crippen molar-refractivity contribution in [3.63, 3.8) is 0 Å². The van der Waals surface area contributed by atoms with Gasteiger partial charge >= 0.3 is 0 Å². The van der Waals surface area contributed by atoms with Crippen molar-refractivity contribution in [1.29, 1.82) is 0 Å². The Morgan fingerprint density at radius 3 is 2.71 bits per heavy atom. The number of amides is 1. The van der Waals surface area contributed by atoms with Gasteiger partial charge in [0.15, 0.2) is 0 Å². The molecular formula is C20H30N2O2. The first-order valence-corrected chi connectivity index (χ1v) is 9.21. The molecule has 3 rings (SSSR count). The lowest BCUT2D eigenvalue weighted by molar-refractivity contribution is -0.148. The van der Waals surface area contributed by atoms with Crippen LogP contribution in [0, 0.1) is 0 Å². The number of nitrogens with two attached hydrogens (primary N) is 1. The number of piperidine rings is 1. The predicted molar refractivity (Wildman–Crippen MR) is 96.1 cm³/mol. The Kier molecular flexibility index (Phi) is 4.47. The van der Waals surface area contributed by atoms with Crippen LogP contribution < -0.4 is 5.73 Å². The fourth-order valence-electron chi connectivity index (χ4n) is 5.14. The molecule has 3 N–H and O–H groups in total. The first kappa shape index (κ1) is 17.4. The maximum Gasteiger partial charge on any atom is 0.248 e. The van der Waals surface area contributed by atoms with Crippen LogP contribution in [-0.2, 0) is 11.8 Å². The number of carbonyl (C=O) groups excluding carboxylic acids is 1. The summed E-state index contributed by atoms with van der Waals surface area (Å²) in [5.41, 5.74) is 7.46. The normalized spacial score (nSPS) is 33.9. The zero-order chi connectivity index (χ0) is 17.5. The summed E-state index contributed by atoms with van der Waals surface area (Å²) in [5, 5.41) is 11.8. The molecule has 0 aromatic heterocycles. The van der Waals surface area contributed by atoms with Crippen molar-refractivity contribution in [2.24, 2.45) is 5.73 Å². The third-order valence-corrected chi connectivity index (χ3v) is 6.77. The van der Waals surface area contributed by atoms with Gasteiger partial charge in [-0.05, 0) is 69.5 Å². The van der Waals surface area contributed by atoms with E-state index in [4.69, 9.17) is 5.73 Å². The Bertz CT molecular complexity index is 645. The minimum Gasteiger partial charge on any atom is -0.387 e. The van der Waals surface area contributed by atoms with Crippen LogP contribution in [0.25, 0.3) is 0 Å². The van der Waals surface area contributed by atoms with Gasteiger partial charge in [-0.15, -0.1) is 0 Å². The monoisotopic (exact) mass is 330 g/mol. The SMILES string of the molecule is CCc1ccc(C(N)=O)cc1[C@@]12CCCCC1(O)C(C)N(C)CC2. The van der Waals surface area contributed by atoms with Crippen LogP contribution >= 0.6 is 0 Å². The number of fused-ring (bicyclic) bond motifs is 1. The van der Waals surface area contributed by atoms with E-state index >= 15 is 0 Å². The summed E-state index contributed by atoms with van der Waals surface area (Å²) >= 11 is 0. The molecule has 1 aromatic carbocycles. The van der Waals surface area contributed by atoms with Crippen molar-refractivity contribution in [3.8, 4) is 0 Å². The van der Waals surface area contributed by atoms with E-state index in [1.807, 2.05) is 18.2 Å². The van der Waals surface area contributed by atoms with E-state index in [9.17, 15) is 9.90 Å². The van der Waals surface area contributed by atoms with Gasteiger partial charge in [0, 0.05) is 17.0 Å². The van der Waals surface area contributed by atoms with Gasteiger partial charge in [-0.1, -0.05) is 25.8 Å². The van der Waals surface area contributed by atoms with Gasteiger partial charge < -0.3 is 15.7 Å². The number of nitrogens with zero attached hydrogens (tertiary/aromatic N) is 1. The Labute approximate surface area is 145 Å². The van der Waals surface area contributed by atoms with Crippen molar-refractivity contribution in [2.45, 2.75) is 69.4 Å². The van der Waals surface area contributed by atoms with Crippen LogP contribution in [0.3, 0.4) is 0 Å². The third kappa shape index (κ3) is 2.39. The van der Waals surface area contributed by atoms with Crippen LogP contribution in [0.5, 0.6) is 0 Å². The number of likely N-dealkylation sites (N-methyl/N-ethyl adjacent to an activating group) is 1. The Balaban J connectivity index is 2.20. The first-order chi connectivity index (χ1) is 11.4. The van der Waals surface area contributed by atoms with Gasteiger partial charge in [0.1, 0.15) is 0 Å². The number of primary amides is 1. The number of benzene rings is 1. The van der Waals surface area contributed by atoms with E-state index < -0.39 is 11.5 Å². The van der Waals surface area contributed by atoms with E-state index in [0.29, 0.717) is 5.56 Å². The number of hydrogen-bond acceptors (Lipinski definition) is 3. The van der Waals surface area contributed by atoms with E-state index in [1.54, 1.807) is 0 Å². The maximum atomic E-state index is 11.8. The molecule has 1 aliphatic carbocycles. The molecule has 1 saturated carbocycles. The molecule has 4 heteroatoms.